The first kappa shape index (κ1) is 18.1. The Balaban J connectivity index is 2.81. The Bertz CT molecular complexity index is 410. The molecule has 5 heteroatoms. The fraction of sp³-hybridized carbons (Fsp3) is 0.750. The van der Waals surface area contributed by atoms with Crippen LogP contribution in [0.15, 0.2) is 6.07 Å². The van der Waals surface area contributed by atoms with E-state index < -0.39 is 0 Å². The quantitative estimate of drug-likeness (QED) is 0.678. The minimum atomic E-state index is 0.286. The summed E-state index contributed by atoms with van der Waals surface area (Å²) in [5.74, 6) is 2.75. The predicted molar refractivity (Wildman–Crippen MR) is 95.5 cm³/mol. The van der Waals surface area contributed by atoms with Crippen molar-refractivity contribution >= 4 is 23.4 Å². The molecule has 1 heterocycles. The van der Waals surface area contributed by atoms with Crippen molar-refractivity contribution in [2.75, 3.05) is 30.0 Å². The number of aryl methyl sites for hydroxylation is 1. The lowest BCUT2D eigenvalue weighted by atomic mass is 10.0. The summed E-state index contributed by atoms with van der Waals surface area (Å²) in [7, 11) is 0. The van der Waals surface area contributed by atoms with Crippen molar-refractivity contribution in [3.05, 3.63) is 11.9 Å². The van der Waals surface area contributed by atoms with Crippen LogP contribution >= 0.6 is 11.8 Å². The van der Waals surface area contributed by atoms with Crippen LogP contribution in [-0.4, -0.2) is 34.1 Å². The summed E-state index contributed by atoms with van der Waals surface area (Å²) in [5.41, 5.74) is 0. The van der Waals surface area contributed by atoms with Crippen LogP contribution in [0.25, 0.3) is 0 Å². The third-order valence-corrected chi connectivity index (χ3v) is 5.55. The van der Waals surface area contributed by atoms with Crippen molar-refractivity contribution in [1.82, 2.24) is 9.97 Å². The predicted octanol–water partition coefficient (Wildman–Crippen LogP) is 4.19. The zero-order valence-electron chi connectivity index (χ0n) is 14.1. The zero-order chi connectivity index (χ0) is 15.7. The van der Waals surface area contributed by atoms with Gasteiger partial charge >= 0.3 is 0 Å². The molecule has 0 bridgehead atoms. The lowest BCUT2D eigenvalue weighted by Crippen LogP contribution is -2.32. The monoisotopic (exact) mass is 310 g/mol. The third kappa shape index (κ3) is 5.38. The first-order valence-electron chi connectivity index (χ1n) is 8.03. The van der Waals surface area contributed by atoms with E-state index in [-0.39, 0.29) is 4.75 Å². The highest BCUT2D eigenvalue weighted by Gasteiger charge is 2.24. The van der Waals surface area contributed by atoms with Crippen molar-refractivity contribution in [3.8, 4) is 0 Å². The Morgan fingerprint density at radius 3 is 2.14 bits per heavy atom. The van der Waals surface area contributed by atoms with Gasteiger partial charge in [-0.2, -0.15) is 11.8 Å². The van der Waals surface area contributed by atoms with Gasteiger partial charge in [-0.15, -0.1) is 0 Å². The van der Waals surface area contributed by atoms with Crippen LogP contribution < -0.4 is 10.6 Å². The molecule has 1 aromatic rings. The SMILES string of the molecule is CCCNc1cc(NCC(CC)(CC)SC)nc(CC)n1. The van der Waals surface area contributed by atoms with Gasteiger partial charge in [0.2, 0.25) is 0 Å². The first-order chi connectivity index (χ1) is 10.1. The number of thioether (sulfide) groups is 1. The number of hydrogen-bond donors (Lipinski definition) is 2. The van der Waals surface area contributed by atoms with Gasteiger partial charge in [0.15, 0.2) is 0 Å². The Morgan fingerprint density at radius 1 is 1.05 bits per heavy atom. The van der Waals surface area contributed by atoms with E-state index in [0.29, 0.717) is 0 Å². The van der Waals surface area contributed by atoms with Gasteiger partial charge in [-0.1, -0.05) is 27.7 Å². The van der Waals surface area contributed by atoms with Crippen molar-refractivity contribution < 1.29 is 0 Å². The van der Waals surface area contributed by atoms with E-state index in [9.17, 15) is 0 Å². The molecule has 0 saturated heterocycles. The molecule has 0 saturated carbocycles. The summed E-state index contributed by atoms with van der Waals surface area (Å²) in [5, 5.41) is 6.87. The van der Waals surface area contributed by atoms with Gasteiger partial charge in [-0.25, -0.2) is 9.97 Å². The summed E-state index contributed by atoms with van der Waals surface area (Å²) < 4.78 is 0.286. The molecule has 0 atom stereocenters. The molecule has 0 amide bonds. The number of nitrogens with zero attached hydrogens (tertiary/aromatic N) is 2. The highest BCUT2D eigenvalue weighted by molar-refractivity contribution is 8.00. The van der Waals surface area contributed by atoms with Crippen LogP contribution in [0.5, 0.6) is 0 Å². The molecule has 0 spiro atoms. The molecule has 1 aromatic heterocycles. The largest absolute Gasteiger partial charge is 0.370 e. The highest BCUT2D eigenvalue weighted by atomic mass is 32.2. The third-order valence-electron chi connectivity index (χ3n) is 3.96. The Morgan fingerprint density at radius 2 is 1.67 bits per heavy atom. The van der Waals surface area contributed by atoms with Crippen LogP contribution in [0.4, 0.5) is 11.6 Å². The summed E-state index contributed by atoms with van der Waals surface area (Å²) in [4.78, 5) is 9.12. The van der Waals surface area contributed by atoms with Gasteiger partial charge in [0.25, 0.3) is 0 Å². The lowest BCUT2D eigenvalue weighted by molar-refractivity contribution is 0.573. The van der Waals surface area contributed by atoms with Gasteiger partial charge in [0.05, 0.1) is 0 Å². The molecule has 0 unspecified atom stereocenters. The number of anilines is 2. The molecule has 0 aromatic carbocycles. The normalized spacial score (nSPS) is 11.5. The number of rotatable bonds is 10. The molecular formula is C16H30N4S. The standard InChI is InChI=1S/C16H30N4S/c1-6-10-17-14-11-15(20-13(7-2)19-14)18-12-16(8-3,9-4)21-5/h11H,6-10,12H2,1-5H3,(H2,17,18,19,20). The van der Waals surface area contributed by atoms with Gasteiger partial charge in [0, 0.05) is 30.3 Å². The lowest BCUT2D eigenvalue weighted by Gasteiger charge is -2.30. The van der Waals surface area contributed by atoms with Gasteiger partial charge in [-0.05, 0) is 25.5 Å². The van der Waals surface area contributed by atoms with E-state index in [1.54, 1.807) is 0 Å². The number of hydrogen-bond acceptors (Lipinski definition) is 5. The summed E-state index contributed by atoms with van der Waals surface area (Å²) >= 11 is 1.94. The van der Waals surface area contributed by atoms with Crippen LogP contribution in [0, 0.1) is 0 Å². The van der Waals surface area contributed by atoms with E-state index in [2.05, 4.69) is 54.6 Å². The van der Waals surface area contributed by atoms with E-state index in [0.717, 1.165) is 56.2 Å². The Hall–Kier alpha value is -0.970. The molecule has 4 nitrogen and oxygen atoms in total. The minimum Gasteiger partial charge on any atom is -0.370 e. The molecule has 1 rings (SSSR count). The number of nitrogens with one attached hydrogen (secondary N) is 2. The fourth-order valence-electron chi connectivity index (χ4n) is 2.20. The van der Waals surface area contributed by atoms with Gasteiger partial charge in [0.1, 0.15) is 17.5 Å². The van der Waals surface area contributed by atoms with Crippen LogP contribution in [0.2, 0.25) is 0 Å². The van der Waals surface area contributed by atoms with Crippen LogP contribution in [-0.2, 0) is 6.42 Å². The first-order valence-corrected chi connectivity index (χ1v) is 9.26. The second-order valence-corrected chi connectivity index (χ2v) is 6.56. The van der Waals surface area contributed by atoms with Crippen molar-refractivity contribution in [2.45, 2.75) is 58.1 Å². The molecule has 120 valence electrons. The topological polar surface area (TPSA) is 49.8 Å². The second-order valence-electron chi connectivity index (χ2n) is 5.28. The molecule has 21 heavy (non-hydrogen) atoms. The van der Waals surface area contributed by atoms with E-state index in [1.165, 1.54) is 0 Å². The van der Waals surface area contributed by atoms with Crippen molar-refractivity contribution in [1.29, 1.82) is 0 Å². The molecule has 0 radical (unpaired) electrons. The fourth-order valence-corrected chi connectivity index (χ4v) is 3.00. The Kier molecular flexibility index (Phi) is 7.86. The molecule has 0 aliphatic heterocycles. The molecular weight excluding hydrogens is 280 g/mol. The average Bonchev–Trinajstić information content (AvgIpc) is 2.54. The molecule has 0 fully saturated rings. The minimum absolute atomic E-state index is 0.286. The van der Waals surface area contributed by atoms with Gasteiger partial charge < -0.3 is 10.6 Å². The molecule has 0 aliphatic rings. The number of aromatic nitrogens is 2. The highest BCUT2D eigenvalue weighted by Crippen LogP contribution is 2.30. The average molecular weight is 311 g/mol. The maximum absolute atomic E-state index is 4.59. The summed E-state index contributed by atoms with van der Waals surface area (Å²) in [6.07, 6.45) is 6.45. The smallest absolute Gasteiger partial charge is 0.132 e. The van der Waals surface area contributed by atoms with Crippen molar-refractivity contribution in [2.24, 2.45) is 0 Å². The maximum Gasteiger partial charge on any atom is 0.132 e. The van der Waals surface area contributed by atoms with E-state index >= 15 is 0 Å². The molecule has 0 aliphatic carbocycles. The summed E-state index contributed by atoms with van der Waals surface area (Å²) in [6.45, 7) is 10.6. The second kappa shape index (κ2) is 9.13. The molecule has 2 N–H and O–H groups in total. The van der Waals surface area contributed by atoms with Crippen LogP contribution in [0.3, 0.4) is 0 Å². The van der Waals surface area contributed by atoms with E-state index in [1.807, 2.05) is 17.8 Å². The van der Waals surface area contributed by atoms with Crippen LogP contribution in [0.1, 0.15) is 52.8 Å². The van der Waals surface area contributed by atoms with E-state index in [4.69, 9.17) is 0 Å². The van der Waals surface area contributed by atoms with Gasteiger partial charge in [-0.3, -0.25) is 0 Å². The summed E-state index contributed by atoms with van der Waals surface area (Å²) in [6, 6.07) is 2.02. The zero-order valence-corrected chi connectivity index (χ0v) is 14.9. The maximum atomic E-state index is 4.59. The van der Waals surface area contributed by atoms with Crippen molar-refractivity contribution in [3.63, 3.8) is 0 Å². The Labute approximate surface area is 133 Å².